The van der Waals surface area contributed by atoms with Gasteiger partial charge in [-0.2, -0.15) is 0 Å². The molecule has 0 unspecified atom stereocenters. The van der Waals surface area contributed by atoms with Crippen LogP contribution in [0, 0.1) is 0 Å². The van der Waals surface area contributed by atoms with Gasteiger partial charge in [-0.25, -0.2) is 9.97 Å². The van der Waals surface area contributed by atoms with Crippen LogP contribution in [0.15, 0.2) is 60.8 Å². The van der Waals surface area contributed by atoms with Gasteiger partial charge in [0.25, 0.3) is 5.91 Å². The van der Waals surface area contributed by atoms with E-state index in [1.165, 1.54) is 25.9 Å². The van der Waals surface area contributed by atoms with Gasteiger partial charge in [0.05, 0.1) is 6.61 Å². The molecule has 2 aromatic heterocycles. The van der Waals surface area contributed by atoms with Gasteiger partial charge in [-0.3, -0.25) is 4.79 Å². The lowest BCUT2D eigenvalue weighted by Gasteiger charge is -2.16. The van der Waals surface area contributed by atoms with Crippen LogP contribution in [0.3, 0.4) is 0 Å². The Balaban J connectivity index is 1.27. The second-order valence-corrected chi connectivity index (χ2v) is 9.82. The molecule has 0 saturated carbocycles. The molecule has 9 heteroatoms. The molecular weight excluding hydrogens is 494 g/mol. The maximum atomic E-state index is 12.6. The minimum atomic E-state index is -0.149. The number of aromatic nitrogens is 3. The molecule has 5 rings (SSSR count). The number of amides is 1. The van der Waals surface area contributed by atoms with E-state index in [1.807, 2.05) is 37.3 Å². The van der Waals surface area contributed by atoms with Crippen LogP contribution in [-0.4, -0.2) is 71.8 Å². The summed E-state index contributed by atoms with van der Waals surface area (Å²) in [4.78, 5) is 27.3. The summed E-state index contributed by atoms with van der Waals surface area (Å²) in [5, 5.41) is 3.02. The monoisotopic (exact) mass is 529 g/mol. The van der Waals surface area contributed by atoms with Crippen LogP contribution in [0.5, 0.6) is 17.2 Å². The second kappa shape index (κ2) is 12.7. The molecular formula is C30H35N5O4. The molecule has 2 aromatic carbocycles. The summed E-state index contributed by atoms with van der Waals surface area (Å²) in [6.07, 6.45) is 5.10. The van der Waals surface area contributed by atoms with E-state index in [4.69, 9.17) is 14.2 Å². The van der Waals surface area contributed by atoms with Crippen molar-refractivity contribution in [2.24, 2.45) is 0 Å². The van der Waals surface area contributed by atoms with Crippen molar-refractivity contribution in [3.05, 3.63) is 66.4 Å². The standard InChI is InChI=1S/C30H35N5O4/c1-21(20-37-2)38-25-17-23(28-33-27-7-5-12-31-29(27)34-28)18-26(19-25)39-24-10-8-22(9-11-24)30(36)32-13-6-16-35-14-3-4-15-35/h5,7-12,17-19,21H,3-4,6,13-16,20H2,1-2H3,(H,32,36)(H,31,33,34)/t21-/m0/s1. The molecule has 204 valence electrons. The molecule has 2 N–H and O–H groups in total. The number of hydrogen-bond acceptors (Lipinski definition) is 7. The molecule has 0 aliphatic carbocycles. The number of benzene rings is 2. The number of carbonyl (C=O) groups excluding carboxylic acids is 1. The van der Waals surface area contributed by atoms with Crippen molar-refractivity contribution in [3.8, 4) is 28.6 Å². The van der Waals surface area contributed by atoms with E-state index in [1.54, 1.807) is 37.6 Å². The number of methoxy groups -OCH3 is 1. The molecule has 1 aliphatic heterocycles. The lowest BCUT2D eigenvalue weighted by atomic mass is 10.1. The van der Waals surface area contributed by atoms with Gasteiger partial charge in [0.1, 0.15) is 34.7 Å². The zero-order valence-corrected chi connectivity index (χ0v) is 22.5. The second-order valence-electron chi connectivity index (χ2n) is 9.82. The van der Waals surface area contributed by atoms with Gasteiger partial charge in [-0.1, -0.05) is 0 Å². The first-order valence-electron chi connectivity index (χ1n) is 13.5. The van der Waals surface area contributed by atoms with Crippen LogP contribution in [-0.2, 0) is 4.74 Å². The fourth-order valence-corrected chi connectivity index (χ4v) is 4.74. The summed E-state index contributed by atoms with van der Waals surface area (Å²) in [5.74, 6) is 2.41. The molecule has 4 aromatic rings. The van der Waals surface area contributed by atoms with E-state index < -0.39 is 0 Å². The van der Waals surface area contributed by atoms with Gasteiger partial charge in [-0.15, -0.1) is 0 Å². The van der Waals surface area contributed by atoms with E-state index in [-0.39, 0.29) is 12.0 Å². The summed E-state index contributed by atoms with van der Waals surface area (Å²) in [7, 11) is 1.64. The summed E-state index contributed by atoms with van der Waals surface area (Å²) < 4.78 is 17.5. The summed E-state index contributed by atoms with van der Waals surface area (Å²) in [6, 6.07) is 16.5. The number of hydrogen-bond donors (Lipinski definition) is 2. The number of carbonyl (C=O) groups is 1. The maximum Gasteiger partial charge on any atom is 0.251 e. The van der Waals surface area contributed by atoms with Crippen molar-refractivity contribution >= 4 is 17.1 Å². The number of nitrogens with zero attached hydrogens (tertiary/aromatic N) is 3. The van der Waals surface area contributed by atoms with E-state index in [0.717, 1.165) is 24.0 Å². The highest BCUT2D eigenvalue weighted by Crippen LogP contribution is 2.32. The van der Waals surface area contributed by atoms with Crippen LogP contribution in [0.4, 0.5) is 0 Å². The summed E-state index contributed by atoms with van der Waals surface area (Å²) >= 11 is 0. The Kier molecular flexibility index (Phi) is 8.70. The number of aromatic amines is 1. The Labute approximate surface area is 228 Å². The predicted octanol–water partition coefficient (Wildman–Crippen LogP) is 5.05. The minimum Gasteiger partial charge on any atom is -0.488 e. The molecule has 1 amide bonds. The van der Waals surface area contributed by atoms with Crippen molar-refractivity contribution in [3.63, 3.8) is 0 Å². The first-order chi connectivity index (χ1) is 19.1. The highest BCUT2D eigenvalue weighted by Gasteiger charge is 2.14. The molecule has 0 spiro atoms. The normalized spacial score (nSPS) is 14.4. The largest absolute Gasteiger partial charge is 0.488 e. The Hall–Kier alpha value is -3.95. The number of fused-ring (bicyclic) bond motifs is 1. The van der Waals surface area contributed by atoms with Gasteiger partial charge < -0.3 is 29.4 Å². The van der Waals surface area contributed by atoms with Gasteiger partial charge in [0.2, 0.25) is 0 Å². The Morgan fingerprint density at radius 2 is 1.87 bits per heavy atom. The van der Waals surface area contributed by atoms with E-state index in [9.17, 15) is 4.79 Å². The maximum absolute atomic E-state index is 12.6. The number of H-pyrrole nitrogens is 1. The Bertz CT molecular complexity index is 1350. The fourth-order valence-electron chi connectivity index (χ4n) is 4.74. The zero-order chi connectivity index (χ0) is 27.0. The smallest absolute Gasteiger partial charge is 0.251 e. The Morgan fingerprint density at radius 1 is 1.08 bits per heavy atom. The Morgan fingerprint density at radius 3 is 2.64 bits per heavy atom. The van der Waals surface area contributed by atoms with Crippen LogP contribution < -0.4 is 14.8 Å². The van der Waals surface area contributed by atoms with Crippen molar-refractivity contribution in [1.82, 2.24) is 25.2 Å². The lowest BCUT2D eigenvalue weighted by molar-refractivity contribution is 0.0920. The third-order valence-corrected chi connectivity index (χ3v) is 6.64. The fraction of sp³-hybridized carbons (Fsp3) is 0.367. The number of pyridine rings is 1. The average molecular weight is 530 g/mol. The summed E-state index contributed by atoms with van der Waals surface area (Å²) in [5.41, 5.74) is 2.89. The lowest BCUT2D eigenvalue weighted by Crippen LogP contribution is -2.28. The van der Waals surface area contributed by atoms with E-state index in [0.29, 0.717) is 47.4 Å². The molecule has 1 saturated heterocycles. The predicted molar refractivity (Wildman–Crippen MR) is 150 cm³/mol. The van der Waals surface area contributed by atoms with Crippen molar-refractivity contribution in [2.75, 3.05) is 39.9 Å². The van der Waals surface area contributed by atoms with E-state index in [2.05, 4.69) is 25.2 Å². The van der Waals surface area contributed by atoms with Crippen LogP contribution in [0.2, 0.25) is 0 Å². The average Bonchev–Trinajstić information content (AvgIpc) is 3.61. The van der Waals surface area contributed by atoms with Crippen LogP contribution >= 0.6 is 0 Å². The minimum absolute atomic E-state index is 0.0775. The van der Waals surface area contributed by atoms with E-state index >= 15 is 0 Å². The molecule has 1 aliphatic rings. The topological polar surface area (TPSA) is 102 Å². The van der Waals surface area contributed by atoms with Crippen LogP contribution in [0.25, 0.3) is 22.6 Å². The van der Waals surface area contributed by atoms with Gasteiger partial charge in [0, 0.05) is 37.0 Å². The van der Waals surface area contributed by atoms with Crippen molar-refractivity contribution in [2.45, 2.75) is 32.3 Å². The molecule has 9 nitrogen and oxygen atoms in total. The van der Waals surface area contributed by atoms with Crippen molar-refractivity contribution in [1.29, 1.82) is 0 Å². The third-order valence-electron chi connectivity index (χ3n) is 6.64. The molecule has 1 atom stereocenters. The zero-order valence-electron chi connectivity index (χ0n) is 22.5. The molecule has 3 heterocycles. The molecule has 1 fully saturated rings. The van der Waals surface area contributed by atoms with Crippen molar-refractivity contribution < 1.29 is 19.0 Å². The highest BCUT2D eigenvalue weighted by atomic mass is 16.5. The quantitative estimate of drug-likeness (QED) is 0.248. The number of imidazole rings is 1. The van der Waals surface area contributed by atoms with Gasteiger partial charge in [0.15, 0.2) is 5.65 Å². The third kappa shape index (κ3) is 7.13. The van der Waals surface area contributed by atoms with Gasteiger partial charge in [-0.05, 0) is 94.4 Å². The number of nitrogens with one attached hydrogen (secondary N) is 2. The number of likely N-dealkylation sites (tertiary alicyclic amines) is 1. The first kappa shape index (κ1) is 26.6. The summed E-state index contributed by atoms with van der Waals surface area (Å²) in [6.45, 7) is 6.45. The highest BCUT2D eigenvalue weighted by molar-refractivity contribution is 5.94. The first-order valence-corrected chi connectivity index (χ1v) is 13.5. The molecule has 0 bridgehead atoms. The van der Waals surface area contributed by atoms with Crippen LogP contribution in [0.1, 0.15) is 36.5 Å². The number of ether oxygens (including phenoxy) is 3. The number of rotatable bonds is 12. The molecule has 39 heavy (non-hydrogen) atoms. The van der Waals surface area contributed by atoms with Gasteiger partial charge >= 0.3 is 0 Å². The molecule has 0 radical (unpaired) electrons. The SMILES string of the molecule is COC[C@H](C)Oc1cc(Oc2ccc(C(=O)NCCCN3CCCC3)cc2)cc(-c2nc3cccnc3[nH]2)c1.